The van der Waals surface area contributed by atoms with Crippen LogP contribution in [0.15, 0.2) is 102 Å². The van der Waals surface area contributed by atoms with E-state index in [1.807, 2.05) is 48.5 Å². The summed E-state index contributed by atoms with van der Waals surface area (Å²) in [5, 5.41) is 11.4. The molecule has 2 aliphatic heterocycles. The van der Waals surface area contributed by atoms with Crippen LogP contribution in [0.5, 0.6) is 0 Å². The van der Waals surface area contributed by atoms with Crippen molar-refractivity contribution >= 4 is 23.3 Å². The van der Waals surface area contributed by atoms with E-state index in [2.05, 4.69) is 48.2 Å². The largest absolute Gasteiger partial charge is 0.348 e. The predicted octanol–water partition coefficient (Wildman–Crippen LogP) is 5.70. The van der Waals surface area contributed by atoms with Gasteiger partial charge >= 0.3 is 0 Å². The van der Waals surface area contributed by atoms with Crippen molar-refractivity contribution in [3.05, 3.63) is 124 Å². The number of benzene rings is 3. The third-order valence-electron chi connectivity index (χ3n) is 6.41. The number of rotatable bonds is 5. The minimum atomic E-state index is -0.334. The maximum absolute atomic E-state index is 11.4. The molecule has 3 aromatic carbocycles. The Bertz CT molecular complexity index is 1250. The Labute approximate surface area is 187 Å². The van der Waals surface area contributed by atoms with E-state index in [1.165, 1.54) is 5.56 Å². The lowest BCUT2D eigenvalue weighted by Gasteiger charge is -2.58. The van der Waals surface area contributed by atoms with Gasteiger partial charge in [-0.2, -0.15) is 0 Å². The molecule has 2 atom stereocenters. The molecule has 3 aromatic rings. The first-order valence-electron chi connectivity index (χ1n) is 10.7. The Morgan fingerprint density at radius 2 is 1.66 bits per heavy atom. The third kappa shape index (κ3) is 3.23. The molecule has 0 unspecified atom stereocenters. The van der Waals surface area contributed by atoms with Crippen LogP contribution in [0.1, 0.15) is 23.6 Å². The van der Waals surface area contributed by atoms with Crippen molar-refractivity contribution in [2.75, 3.05) is 6.54 Å². The van der Waals surface area contributed by atoms with Gasteiger partial charge in [0.25, 0.3) is 5.69 Å². The molecule has 0 N–H and O–H groups in total. The number of aliphatic imine (C=N–C) groups is 1. The Morgan fingerprint density at radius 1 is 1.00 bits per heavy atom. The molecule has 32 heavy (non-hydrogen) atoms. The standard InChI is InChI=1S/C27H23N3O2/c1-27(22-13-6-3-7-14-22)25(17-16-21-12-8-9-15-24(21)30(31)32)29-19-18-23(28-26(27)29)20-10-4-2-5-11-20/h2-18,25H,19H2,1H3/b17-16+/t25-,27+/m1/s1. The predicted molar refractivity (Wildman–Crippen MR) is 128 cm³/mol. The van der Waals surface area contributed by atoms with Crippen LogP contribution in [-0.4, -0.2) is 28.2 Å². The number of nitro benzene ring substituents is 1. The van der Waals surface area contributed by atoms with Gasteiger partial charge in [0, 0.05) is 12.6 Å². The van der Waals surface area contributed by atoms with E-state index in [0.29, 0.717) is 5.56 Å². The minimum Gasteiger partial charge on any atom is -0.348 e. The van der Waals surface area contributed by atoms with Crippen LogP contribution in [0.4, 0.5) is 5.69 Å². The summed E-state index contributed by atoms with van der Waals surface area (Å²) in [7, 11) is 0. The molecular weight excluding hydrogens is 398 g/mol. The number of hydrogen-bond donors (Lipinski definition) is 0. The van der Waals surface area contributed by atoms with Gasteiger partial charge in [-0.25, -0.2) is 4.99 Å². The molecule has 0 radical (unpaired) electrons. The highest BCUT2D eigenvalue weighted by atomic mass is 16.6. The van der Waals surface area contributed by atoms with E-state index in [4.69, 9.17) is 4.99 Å². The number of fused-ring (bicyclic) bond motifs is 1. The van der Waals surface area contributed by atoms with Crippen molar-refractivity contribution in [2.24, 2.45) is 4.99 Å². The second-order valence-electron chi connectivity index (χ2n) is 8.23. The van der Waals surface area contributed by atoms with Crippen molar-refractivity contribution in [3.8, 4) is 0 Å². The van der Waals surface area contributed by atoms with Gasteiger partial charge in [0.15, 0.2) is 0 Å². The van der Waals surface area contributed by atoms with Crippen molar-refractivity contribution in [3.63, 3.8) is 0 Å². The average Bonchev–Trinajstić information content (AvgIpc) is 2.84. The summed E-state index contributed by atoms with van der Waals surface area (Å²) in [6.07, 6.45) is 6.10. The fourth-order valence-corrected chi connectivity index (χ4v) is 4.69. The highest BCUT2D eigenvalue weighted by molar-refractivity contribution is 6.04. The first kappa shape index (κ1) is 19.9. The van der Waals surface area contributed by atoms with Gasteiger partial charge in [-0.1, -0.05) is 84.9 Å². The fraction of sp³-hybridized carbons (Fsp3) is 0.148. The molecule has 1 saturated heterocycles. The first-order valence-corrected chi connectivity index (χ1v) is 10.7. The van der Waals surface area contributed by atoms with Crippen LogP contribution in [0, 0.1) is 10.1 Å². The van der Waals surface area contributed by atoms with E-state index in [9.17, 15) is 10.1 Å². The smallest absolute Gasteiger partial charge is 0.276 e. The van der Waals surface area contributed by atoms with Crippen molar-refractivity contribution < 1.29 is 4.92 Å². The molecule has 1 fully saturated rings. The number of nitrogens with zero attached hydrogens (tertiary/aromatic N) is 3. The zero-order valence-electron chi connectivity index (χ0n) is 17.8. The van der Waals surface area contributed by atoms with Crippen LogP contribution in [0.2, 0.25) is 0 Å². The topological polar surface area (TPSA) is 58.7 Å². The van der Waals surface area contributed by atoms with Gasteiger partial charge in [0.05, 0.1) is 27.6 Å². The monoisotopic (exact) mass is 421 g/mol. The molecule has 0 aromatic heterocycles. The molecule has 5 rings (SSSR count). The number of hydrogen-bond acceptors (Lipinski definition) is 4. The summed E-state index contributed by atoms with van der Waals surface area (Å²) in [6.45, 7) is 2.96. The second-order valence-corrected chi connectivity index (χ2v) is 8.23. The maximum atomic E-state index is 11.4. The van der Waals surface area contributed by atoms with Crippen molar-refractivity contribution in [1.29, 1.82) is 0 Å². The third-order valence-corrected chi connectivity index (χ3v) is 6.41. The Balaban J connectivity index is 1.54. The summed E-state index contributed by atoms with van der Waals surface area (Å²) in [6, 6.07) is 27.5. The fourth-order valence-electron chi connectivity index (χ4n) is 4.69. The lowest BCUT2D eigenvalue weighted by Crippen LogP contribution is -2.70. The highest BCUT2D eigenvalue weighted by Crippen LogP contribution is 2.46. The Kier molecular flexibility index (Phi) is 4.94. The molecule has 2 aliphatic rings. The average molecular weight is 422 g/mol. The quantitative estimate of drug-likeness (QED) is 0.392. The van der Waals surface area contributed by atoms with Gasteiger partial charge in [-0.15, -0.1) is 0 Å². The Hall–Kier alpha value is -3.99. The van der Waals surface area contributed by atoms with E-state index in [1.54, 1.807) is 18.2 Å². The molecule has 0 spiro atoms. The lowest BCUT2D eigenvalue weighted by atomic mass is 9.66. The molecule has 0 amide bonds. The number of amidine groups is 1. The van der Waals surface area contributed by atoms with E-state index < -0.39 is 0 Å². The summed E-state index contributed by atoms with van der Waals surface area (Å²) < 4.78 is 0. The molecule has 158 valence electrons. The zero-order valence-corrected chi connectivity index (χ0v) is 17.8. The summed E-state index contributed by atoms with van der Waals surface area (Å²) >= 11 is 0. The van der Waals surface area contributed by atoms with Gasteiger partial charge < -0.3 is 4.90 Å². The molecule has 0 aliphatic carbocycles. The van der Waals surface area contributed by atoms with Gasteiger partial charge in [-0.05, 0) is 30.2 Å². The summed E-state index contributed by atoms with van der Waals surface area (Å²) in [5.41, 5.74) is 3.67. The Morgan fingerprint density at radius 3 is 2.38 bits per heavy atom. The van der Waals surface area contributed by atoms with E-state index in [0.717, 1.165) is 23.6 Å². The summed E-state index contributed by atoms with van der Waals surface area (Å²) in [4.78, 5) is 18.4. The highest BCUT2D eigenvalue weighted by Gasteiger charge is 2.55. The van der Waals surface area contributed by atoms with Crippen LogP contribution in [-0.2, 0) is 5.41 Å². The molecule has 0 saturated carbocycles. The van der Waals surface area contributed by atoms with Crippen molar-refractivity contribution in [2.45, 2.75) is 18.4 Å². The molecule has 5 nitrogen and oxygen atoms in total. The number of nitro groups is 1. The zero-order chi connectivity index (χ0) is 22.1. The SMILES string of the molecule is C[C@@]1(c2ccccc2)C2=NC(c3ccccc3)=CCN2[C@@H]1/C=C/c1ccccc1[N+](=O)[O-]. The number of para-hydroxylation sites is 1. The maximum Gasteiger partial charge on any atom is 0.276 e. The van der Waals surface area contributed by atoms with Gasteiger partial charge in [-0.3, -0.25) is 10.1 Å². The van der Waals surface area contributed by atoms with Gasteiger partial charge in [0.1, 0.15) is 5.84 Å². The van der Waals surface area contributed by atoms with E-state index in [-0.39, 0.29) is 22.1 Å². The van der Waals surface area contributed by atoms with Crippen molar-refractivity contribution in [1.82, 2.24) is 4.90 Å². The minimum absolute atomic E-state index is 0.0389. The van der Waals surface area contributed by atoms with Gasteiger partial charge in [0.2, 0.25) is 0 Å². The van der Waals surface area contributed by atoms with Crippen LogP contribution in [0.25, 0.3) is 11.8 Å². The summed E-state index contributed by atoms with van der Waals surface area (Å²) in [5.74, 6) is 1.03. The first-order chi connectivity index (χ1) is 15.6. The molecule has 0 bridgehead atoms. The van der Waals surface area contributed by atoms with Crippen LogP contribution < -0.4 is 0 Å². The molecule has 2 heterocycles. The molecule has 5 heteroatoms. The van der Waals surface area contributed by atoms with E-state index >= 15 is 0 Å². The van der Waals surface area contributed by atoms with Crippen LogP contribution >= 0.6 is 0 Å². The lowest BCUT2D eigenvalue weighted by molar-refractivity contribution is -0.385. The normalized spacial score (nSPS) is 22.0. The second kappa shape index (κ2) is 7.93. The van der Waals surface area contributed by atoms with Crippen LogP contribution in [0.3, 0.4) is 0 Å². The molecular formula is C27H23N3O2.